The summed E-state index contributed by atoms with van der Waals surface area (Å²) in [6, 6.07) is 11.6. The van der Waals surface area contributed by atoms with E-state index in [0.29, 0.717) is 0 Å². The molecular weight excluding hydrogens is 270 g/mol. The number of aromatic nitrogens is 2. The maximum atomic E-state index is 12.5. The topological polar surface area (TPSA) is 38.1 Å². The number of amides is 1. The third-order valence-electron chi connectivity index (χ3n) is 3.36. The molecule has 0 N–H and O–H groups in total. The number of fused-ring (bicyclic) bond motifs is 1. The number of hydrogen-bond donors (Lipinski definition) is 0. The molecule has 4 nitrogen and oxygen atoms in total. The highest BCUT2D eigenvalue weighted by Gasteiger charge is 2.18. The lowest BCUT2D eigenvalue weighted by atomic mass is 10.2. The molecule has 1 amide bonds. The Morgan fingerprint density at radius 1 is 1.30 bits per heavy atom. The first-order valence-corrected chi connectivity index (χ1v) is 7.16. The van der Waals surface area contributed by atoms with Crippen LogP contribution in [-0.4, -0.2) is 22.7 Å². The van der Waals surface area contributed by atoms with Crippen LogP contribution in [0.5, 0.6) is 0 Å². The van der Waals surface area contributed by atoms with Gasteiger partial charge >= 0.3 is 0 Å². The van der Waals surface area contributed by atoms with Crippen LogP contribution in [0.25, 0.3) is 10.2 Å². The van der Waals surface area contributed by atoms with Gasteiger partial charge in [-0.05, 0) is 25.1 Å². The largest absolute Gasteiger partial charge is 0.311 e. The molecule has 20 heavy (non-hydrogen) atoms. The normalized spacial score (nSPS) is 10.9. The van der Waals surface area contributed by atoms with E-state index in [2.05, 4.69) is 5.10 Å². The van der Waals surface area contributed by atoms with Gasteiger partial charge in [0.15, 0.2) is 0 Å². The highest BCUT2D eigenvalue weighted by molar-refractivity contribution is 7.20. The second-order valence-corrected chi connectivity index (χ2v) is 5.77. The minimum atomic E-state index is 0.0109. The number of nitrogens with zero attached hydrogens (tertiary/aromatic N) is 3. The monoisotopic (exact) mass is 285 g/mol. The number of aryl methyl sites for hydroxylation is 2. The van der Waals surface area contributed by atoms with Gasteiger partial charge in [-0.2, -0.15) is 5.10 Å². The Bertz CT molecular complexity index is 739. The standard InChI is InChI=1S/C15H15N3OS/c1-10-12-9-13(20-15(12)18(3)16-10)14(19)17(2)11-7-5-4-6-8-11/h4-9H,1-3H3. The first-order chi connectivity index (χ1) is 9.58. The van der Waals surface area contributed by atoms with Crippen molar-refractivity contribution in [3.8, 4) is 0 Å². The Morgan fingerprint density at radius 2 is 2.00 bits per heavy atom. The molecule has 0 aliphatic heterocycles. The summed E-state index contributed by atoms with van der Waals surface area (Å²) in [7, 11) is 3.70. The molecule has 0 bridgehead atoms. The zero-order chi connectivity index (χ0) is 14.3. The van der Waals surface area contributed by atoms with E-state index in [1.165, 1.54) is 11.3 Å². The van der Waals surface area contributed by atoms with Crippen molar-refractivity contribution in [2.75, 3.05) is 11.9 Å². The minimum Gasteiger partial charge on any atom is -0.311 e. The fraction of sp³-hybridized carbons (Fsp3) is 0.200. The molecule has 0 saturated carbocycles. The molecule has 0 atom stereocenters. The van der Waals surface area contributed by atoms with E-state index >= 15 is 0 Å². The van der Waals surface area contributed by atoms with Gasteiger partial charge in [0.2, 0.25) is 0 Å². The summed E-state index contributed by atoms with van der Waals surface area (Å²) in [5.74, 6) is 0.0109. The van der Waals surface area contributed by atoms with Gasteiger partial charge in [-0.1, -0.05) is 18.2 Å². The maximum absolute atomic E-state index is 12.5. The summed E-state index contributed by atoms with van der Waals surface area (Å²) in [6.45, 7) is 1.96. The zero-order valence-electron chi connectivity index (χ0n) is 11.6. The number of hydrogen-bond acceptors (Lipinski definition) is 3. The van der Waals surface area contributed by atoms with Crippen molar-refractivity contribution in [2.45, 2.75) is 6.92 Å². The van der Waals surface area contributed by atoms with Gasteiger partial charge in [0, 0.05) is 25.2 Å². The second-order valence-electron chi connectivity index (χ2n) is 4.74. The summed E-state index contributed by atoms with van der Waals surface area (Å²) in [5, 5.41) is 5.41. The molecule has 5 heteroatoms. The van der Waals surface area contributed by atoms with Gasteiger partial charge in [0.25, 0.3) is 5.91 Å². The summed E-state index contributed by atoms with van der Waals surface area (Å²) < 4.78 is 1.83. The molecule has 0 spiro atoms. The van der Waals surface area contributed by atoms with Crippen LogP contribution in [0.1, 0.15) is 15.4 Å². The van der Waals surface area contributed by atoms with Crippen molar-refractivity contribution in [1.82, 2.24) is 9.78 Å². The van der Waals surface area contributed by atoms with Gasteiger partial charge in [-0.25, -0.2) is 0 Å². The van der Waals surface area contributed by atoms with Crippen molar-refractivity contribution >= 4 is 33.1 Å². The van der Waals surface area contributed by atoms with Crippen molar-refractivity contribution in [1.29, 1.82) is 0 Å². The van der Waals surface area contributed by atoms with Crippen LogP contribution in [0.3, 0.4) is 0 Å². The number of anilines is 1. The van der Waals surface area contributed by atoms with Crippen LogP contribution in [-0.2, 0) is 7.05 Å². The van der Waals surface area contributed by atoms with E-state index in [0.717, 1.165) is 26.5 Å². The Labute approximate surface area is 121 Å². The molecule has 0 radical (unpaired) electrons. The first-order valence-electron chi connectivity index (χ1n) is 6.34. The smallest absolute Gasteiger partial charge is 0.268 e. The number of para-hydroxylation sites is 1. The molecule has 102 valence electrons. The van der Waals surface area contributed by atoms with Crippen molar-refractivity contribution in [2.24, 2.45) is 7.05 Å². The molecule has 0 saturated heterocycles. The van der Waals surface area contributed by atoms with Gasteiger partial charge in [0.1, 0.15) is 4.83 Å². The lowest BCUT2D eigenvalue weighted by Crippen LogP contribution is -2.25. The number of thiophene rings is 1. The molecule has 2 heterocycles. The van der Waals surface area contributed by atoms with Gasteiger partial charge in [0.05, 0.1) is 10.6 Å². The van der Waals surface area contributed by atoms with E-state index in [1.807, 2.05) is 55.1 Å². The predicted octanol–water partition coefficient (Wildman–Crippen LogP) is 3.22. The summed E-state index contributed by atoms with van der Waals surface area (Å²) in [4.78, 5) is 16.0. The summed E-state index contributed by atoms with van der Waals surface area (Å²) in [5.41, 5.74) is 1.85. The van der Waals surface area contributed by atoms with Gasteiger partial charge in [-0.3, -0.25) is 9.48 Å². The lowest BCUT2D eigenvalue weighted by Gasteiger charge is -2.15. The average molecular weight is 285 g/mol. The fourth-order valence-corrected chi connectivity index (χ4v) is 3.34. The van der Waals surface area contributed by atoms with Crippen molar-refractivity contribution in [3.05, 3.63) is 47.0 Å². The molecule has 0 aliphatic carbocycles. The highest BCUT2D eigenvalue weighted by Crippen LogP contribution is 2.29. The Morgan fingerprint density at radius 3 is 2.65 bits per heavy atom. The van der Waals surface area contributed by atoms with Crippen LogP contribution >= 0.6 is 11.3 Å². The molecular formula is C15H15N3OS. The van der Waals surface area contributed by atoms with Crippen LogP contribution < -0.4 is 4.90 Å². The van der Waals surface area contributed by atoms with Gasteiger partial charge < -0.3 is 4.90 Å². The summed E-state index contributed by atoms with van der Waals surface area (Å²) in [6.07, 6.45) is 0. The van der Waals surface area contributed by atoms with Gasteiger partial charge in [-0.15, -0.1) is 11.3 Å². The Hall–Kier alpha value is -2.14. The molecule has 3 rings (SSSR count). The highest BCUT2D eigenvalue weighted by atomic mass is 32.1. The lowest BCUT2D eigenvalue weighted by molar-refractivity contribution is 0.0997. The number of carbonyl (C=O) groups is 1. The van der Waals surface area contributed by atoms with Crippen LogP contribution in [0.2, 0.25) is 0 Å². The first kappa shape index (κ1) is 12.9. The predicted molar refractivity (Wildman–Crippen MR) is 82.5 cm³/mol. The fourth-order valence-electron chi connectivity index (χ4n) is 2.24. The van der Waals surface area contributed by atoms with E-state index in [9.17, 15) is 4.79 Å². The quantitative estimate of drug-likeness (QED) is 0.725. The third kappa shape index (κ3) is 2.00. The van der Waals surface area contributed by atoms with E-state index in [4.69, 9.17) is 0 Å². The SMILES string of the molecule is Cc1nn(C)c2sc(C(=O)N(C)c3ccccc3)cc12. The van der Waals surface area contributed by atoms with Crippen LogP contribution in [0, 0.1) is 6.92 Å². The third-order valence-corrected chi connectivity index (χ3v) is 4.54. The average Bonchev–Trinajstić information content (AvgIpc) is 3.01. The molecule has 0 fully saturated rings. The van der Waals surface area contributed by atoms with E-state index < -0.39 is 0 Å². The molecule has 2 aromatic heterocycles. The maximum Gasteiger partial charge on any atom is 0.268 e. The summed E-state index contributed by atoms with van der Waals surface area (Å²) >= 11 is 1.49. The molecule has 0 unspecified atom stereocenters. The zero-order valence-corrected chi connectivity index (χ0v) is 12.4. The van der Waals surface area contributed by atoms with Crippen molar-refractivity contribution < 1.29 is 4.79 Å². The minimum absolute atomic E-state index is 0.0109. The van der Waals surface area contributed by atoms with Crippen molar-refractivity contribution in [3.63, 3.8) is 0 Å². The van der Waals surface area contributed by atoms with E-state index in [1.54, 1.807) is 11.9 Å². The second kappa shape index (κ2) is 4.76. The number of benzene rings is 1. The van der Waals surface area contributed by atoms with E-state index in [-0.39, 0.29) is 5.91 Å². The number of rotatable bonds is 2. The molecule has 0 aliphatic rings. The Kier molecular flexibility index (Phi) is 3.06. The van der Waals surface area contributed by atoms with Crippen LogP contribution in [0.4, 0.5) is 5.69 Å². The Balaban J connectivity index is 1.98. The van der Waals surface area contributed by atoms with Crippen LogP contribution in [0.15, 0.2) is 36.4 Å². The molecule has 1 aromatic carbocycles. The molecule has 3 aromatic rings. The number of carbonyl (C=O) groups excluding carboxylic acids is 1.